The summed E-state index contributed by atoms with van der Waals surface area (Å²) in [6, 6.07) is 10.6. The summed E-state index contributed by atoms with van der Waals surface area (Å²) < 4.78 is 9.50. The van der Waals surface area contributed by atoms with Crippen LogP contribution in [0.15, 0.2) is 53.5 Å². The van der Waals surface area contributed by atoms with Crippen molar-refractivity contribution in [1.82, 2.24) is 10.2 Å². The Bertz CT molecular complexity index is 1340. The van der Waals surface area contributed by atoms with Crippen molar-refractivity contribution < 1.29 is 33.4 Å². The van der Waals surface area contributed by atoms with E-state index >= 15 is 0 Å². The van der Waals surface area contributed by atoms with E-state index in [0.717, 1.165) is 5.56 Å². The van der Waals surface area contributed by atoms with E-state index in [1.54, 1.807) is 0 Å². The maximum Gasteiger partial charge on any atom is 0.337 e. The third-order valence-electron chi connectivity index (χ3n) is 7.08. The molecule has 1 fully saturated rings. The van der Waals surface area contributed by atoms with Crippen LogP contribution in [-0.4, -0.2) is 86.0 Å². The first-order chi connectivity index (χ1) is 21.0. The molecule has 0 aliphatic carbocycles. The Labute approximate surface area is 255 Å². The first kappa shape index (κ1) is 33.5. The minimum atomic E-state index is -1.07. The van der Waals surface area contributed by atoms with Crippen molar-refractivity contribution in [3.05, 3.63) is 65.2 Å². The molecule has 44 heavy (non-hydrogen) atoms. The van der Waals surface area contributed by atoms with Gasteiger partial charge in [0.15, 0.2) is 5.96 Å². The molecule has 3 atom stereocenters. The molecule has 1 aliphatic rings. The predicted octanol–water partition coefficient (Wildman–Crippen LogP) is 0.298. The summed E-state index contributed by atoms with van der Waals surface area (Å²) in [6.07, 6.45) is 1.80. The number of nitrogens with one attached hydrogen (secondary N) is 2. The number of rotatable bonds is 13. The van der Waals surface area contributed by atoms with Crippen LogP contribution in [0.5, 0.6) is 0 Å². The summed E-state index contributed by atoms with van der Waals surface area (Å²) in [5, 5.41) is 5.41. The van der Waals surface area contributed by atoms with E-state index in [2.05, 4.69) is 15.6 Å². The van der Waals surface area contributed by atoms with Crippen LogP contribution in [0.3, 0.4) is 0 Å². The molecule has 0 spiro atoms. The summed E-state index contributed by atoms with van der Waals surface area (Å²) in [5.74, 6) is -3.07. The molecule has 236 valence electrons. The van der Waals surface area contributed by atoms with Gasteiger partial charge >= 0.3 is 11.9 Å². The number of anilines is 1. The molecule has 0 saturated carbocycles. The summed E-state index contributed by atoms with van der Waals surface area (Å²) >= 11 is 0. The molecule has 0 radical (unpaired) electrons. The molecule has 0 bridgehead atoms. The number of nitrogens with zero attached hydrogens (tertiary/aromatic N) is 2. The standard InChI is InChI=1S/C30H39N7O7/c1-43-28(41)19-15-20(29(42)44-2)17-21(16-19)35-25(38)23(10-6-12-34-30(32)33)36-26(39)24-11-7-13-37(24)27(40)22(31)14-18-8-4-3-5-9-18/h3-5,8-9,15-17,22-24H,6-7,10-14,31H2,1-2H3,(H,35,38)(H,36,39)(H4,32,33,34)/t22-,23+,24-/m1/s1. The van der Waals surface area contributed by atoms with E-state index in [9.17, 15) is 24.0 Å². The molecule has 3 rings (SSSR count). The number of carbonyl (C=O) groups is 5. The van der Waals surface area contributed by atoms with Gasteiger partial charge in [-0.25, -0.2) is 9.59 Å². The molecule has 14 nitrogen and oxygen atoms in total. The molecule has 2 aromatic rings. The number of esters is 2. The number of carbonyl (C=O) groups excluding carboxylic acids is 5. The molecule has 0 unspecified atom stereocenters. The Morgan fingerprint density at radius 2 is 1.64 bits per heavy atom. The van der Waals surface area contributed by atoms with Crippen molar-refractivity contribution in [3.63, 3.8) is 0 Å². The van der Waals surface area contributed by atoms with Crippen LogP contribution >= 0.6 is 0 Å². The number of ether oxygens (including phenoxy) is 2. The molecule has 1 heterocycles. The van der Waals surface area contributed by atoms with Crippen molar-refractivity contribution in [2.24, 2.45) is 22.2 Å². The topological polar surface area (TPSA) is 222 Å². The van der Waals surface area contributed by atoms with Crippen molar-refractivity contribution in [3.8, 4) is 0 Å². The van der Waals surface area contributed by atoms with Crippen molar-refractivity contribution in [2.75, 3.05) is 32.6 Å². The molecular weight excluding hydrogens is 570 g/mol. The molecule has 1 saturated heterocycles. The summed E-state index contributed by atoms with van der Waals surface area (Å²) in [7, 11) is 2.36. The van der Waals surface area contributed by atoms with Crippen molar-refractivity contribution >= 4 is 41.3 Å². The maximum atomic E-state index is 13.5. The zero-order chi connectivity index (χ0) is 32.2. The summed E-state index contributed by atoms with van der Waals surface area (Å²) in [6.45, 7) is 0.562. The van der Waals surface area contributed by atoms with E-state index in [-0.39, 0.29) is 41.6 Å². The molecule has 0 aromatic heterocycles. The Balaban J connectivity index is 1.78. The number of benzene rings is 2. The first-order valence-electron chi connectivity index (χ1n) is 14.1. The van der Waals surface area contributed by atoms with Gasteiger partial charge in [0.25, 0.3) is 0 Å². The SMILES string of the molecule is COC(=O)c1cc(NC(=O)[C@H](CCCN=C(N)N)NC(=O)[C@H]2CCCN2C(=O)[C@H](N)Cc2ccccc2)cc(C(=O)OC)c1. The van der Waals surface area contributed by atoms with Gasteiger partial charge in [0.1, 0.15) is 12.1 Å². The minimum Gasteiger partial charge on any atom is -0.465 e. The Kier molecular flexibility index (Phi) is 12.2. The monoisotopic (exact) mass is 609 g/mol. The largest absolute Gasteiger partial charge is 0.465 e. The molecule has 2 aromatic carbocycles. The number of methoxy groups -OCH3 is 2. The predicted molar refractivity (Wildman–Crippen MR) is 162 cm³/mol. The van der Waals surface area contributed by atoms with Crippen LogP contribution < -0.4 is 27.8 Å². The van der Waals surface area contributed by atoms with Gasteiger partial charge in [0, 0.05) is 18.8 Å². The zero-order valence-corrected chi connectivity index (χ0v) is 24.8. The van der Waals surface area contributed by atoms with Crippen LogP contribution in [0.25, 0.3) is 0 Å². The number of hydrogen-bond donors (Lipinski definition) is 5. The highest BCUT2D eigenvalue weighted by molar-refractivity contribution is 6.02. The Morgan fingerprint density at radius 1 is 1.00 bits per heavy atom. The number of nitrogens with two attached hydrogens (primary N) is 3. The lowest BCUT2D eigenvalue weighted by atomic mass is 10.0. The van der Waals surface area contributed by atoms with Gasteiger partial charge in [-0.05, 0) is 55.9 Å². The van der Waals surface area contributed by atoms with Gasteiger partial charge in [-0.1, -0.05) is 30.3 Å². The molecular formula is C30H39N7O7. The Morgan fingerprint density at radius 3 is 2.23 bits per heavy atom. The lowest BCUT2D eigenvalue weighted by Crippen LogP contribution is -2.54. The van der Waals surface area contributed by atoms with Gasteiger partial charge in [-0.3, -0.25) is 19.4 Å². The van der Waals surface area contributed by atoms with Crippen LogP contribution in [0.4, 0.5) is 5.69 Å². The number of likely N-dealkylation sites (tertiary alicyclic amines) is 1. The summed E-state index contributed by atoms with van der Waals surface area (Å²) in [5.41, 5.74) is 18.1. The number of guanidine groups is 1. The van der Waals surface area contributed by atoms with Gasteiger partial charge < -0.3 is 42.2 Å². The van der Waals surface area contributed by atoms with Crippen molar-refractivity contribution in [2.45, 2.75) is 50.2 Å². The fourth-order valence-electron chi connectivity index (χ4n) is 4.91. The van der Waals surface area contributed by atoms with Crippen LogP contribution in [0.1, 0.15) is 52.0 Å². The van der Waals surface area contributed by atoms with Crippen LogP contribution in [0.2, 0.25) is 0 Å². The second-order valence-corrected chi connectivity index (χ2v) is 10.3. The highest BCUT2D eigenvalue weighted by Gasteiger charge is 2.37. The maximum absolute atomic E-state index is 13.5. The number of hydrogen-bond acceptors (Lipinski definition) is 9. The van der Waals surface area contributed by atoms with E-state index < -0.39 is 41.9 Å². The highest BCUT2D eigenvalue weighted by atomic mass is 16.5. The van der Waals surface area contributed by atoms with Gasteiger partial charge in [0.05, 0.1) is 31.4 Å². The molecule has 8 N–H and O–H groups in total. The lowest BCUT2D eigenvalue weighted by Gasteiger charge is -2.28. The number of amides is 3. The van der Waals surface area contributed by atoms with Gasteiger partial charge in [-0.2, -0.15) is 0 Å². The first-order valence-corrected chi connectivity index (χ1v) is 14.1. The fourth-order valence-corrected chi connectivity index (χ4v) is 4.91. The third-order valence-corrected chi connectivity index (χ3v) is 7.08. The van der Waals surface area contributed by atoms with Gasteiger partial charge in [-0.15, -0.1) is 0 Å². The third kappa shape index (κ3) is 9.26. The molecule has 1 aliphatic heterocycles. The molecule has 14 heteroatoms. The average Bonchev–Trinajstić information content (AvgIpc) is 3.51. The van der Waals surface area contributed by atoms with Gasteiger partial charge in [0.2, 0.25) is 17.7 Å². The Hall–Kier alpha value is -4.98. The van der Waals surface area contributed by atoms with Crippen LogP contribution in [0, 0.1) is 0 Å². The second-order valence-electron chi connectivity index (χ2n) is 10.3. The van der Waals surface area contributed by atoms with E-state index in [0.29, 0.717) is 32.2 Å². The highest BCUT2D eigenvalue weighted by Crippen LogP contribution is 2.21. The van der Waals surface area contributed by atoms with E-state index in [1.807, 2.05) is 30.3 Å². The van der Waals surface area contributed by atoms with E-state index in [1.165, 1.54) is 37.3 Å². The quantitative estimate of drug-likeness (QED) is 0.0904. The summed E-state index contributed by atoms with van der Waals surface area (Å²) in [4.78, 5) is 70.0. The normalized spacial score (nSPS) is 15.4. The molecule has 3 amide bonds. The zero-order valence-electron chi connectivity index (χ0n) is 24.8. The average molecular weight is 610 g/mol. The van der Waals surface area contributed by atoms with E-state index in [4.69, 9.17) is 26.7 Å². The number of aliphatic imine (C=N–C) groups is 1. The smallest absolute Gasteiger partial charge is 0.337 e. The van der Waals surface area contributed by atoms with Crippen molar-refractivity contribution in [1.29, 1.82) is 0 Å². The fraction of sp³-hybridized carbons (Fsp3) is 0.400. The second kappa shape index (κ2) is 16.0. The minimum absolute atomic E-state index is 0.00555. The lowest BCUT2D eigenvalue weighted by molar-refractivity contribution is -0.140. The van der Waals surface area contributed by atoms with Crippen LogP contribution in [-0.2, 0) is 30.3 Å².